The van der Waals surface area contributed by atoms with Crippen molar-refractivity contribution in [2.75, 3.05) is 32.1 Å². The lowest BCUT2D eigenvalue weighted by Gasteiger charge is -2.24. The molecule has 0 aliphatic heterocycles. The average molecular weight is 551 g/mol. The van der Waals surface area contributed by atoms with E-state index >= 15 is 0 Å². The minimum atomic E-state index is -4.07. The zero-order valence-electron chi connectivity index (χ0n) is 19.4. The van der Waals surface area contributed by atoms with E-state index in [1.807, 2.05) is 56.6 Å². The van der Waals surface area contributed by atoms with Crippen LogP contribution in [0.5, 0.6) is 0 Å². The van der Waals surface area contributed by atoms with Gasteiger partial charge in [-0.2, -0.15) is 16.5 Å². The van der Waals surface area contributed by atoms with Gasteiger partial charge in [-0.15, -0.1) is 11.3 Å². The number of halogens is 1. The number of hydrogen-bond acceptors (Lipinski definition) is 6. The number of hydrogen-bond donors (Lipinski definition) is 2. The first-order chi connectivity index (χ1) is 16.6. The second-order valence-electron chi connectivity index (χ2n) is 8.92. The minimum Gasteiger partial charge on any atom is -0.480 e. The lowest BCUT2D eigenvalue weighted by atomic mass is 9.92. The molecule has 35 heavy (non-hydrogen) atoms. The average Bonchev–Trinajstić information content (AvgIpc) is 3.19. The van der Waals surface area contributed by atoms with E-state index < -0.39 is 26.9 Å². The SMILES string of the molecule is CN(C)CCSC[C@@]1(c2ccccc2)C[C@]1(NS(=O)(=O)c1ccc(-c2ccc(Cl)cc2)s1)C(=O)O. The topological polar surface area (TPSA) is 86.7 Å². The van der Waals surface area contributed by atoms with E-state index in [4.69, 9.17) is 11.6 Å². The number of carbonyl (C=O) groups is 1. The molecule has 1 heterocycles. The van der Waals surface area contributed by atoms with Crippen LogP contribution in [0.3, 0.4) is 0 Å². The molecule has 2 N–H and O–H groups in total. The third-order valence-corrected chi connectivity index (χ3v) is 10.8. The number of thiophene rings is 1. The summed E-state index contributed by atoms with van der Waals surface area (Å²) in [6, 6.07) is 19.7. The van der Waals surface area contributed by atoms with Crippen molar-refractivity contribution in [3.63, 3.8) is 0 Å². The Bertz CT molecular complexity index is 1300. The highest BCUT2D eigenvalue weighted by molar-refractivity contribution is 7.99. The van der Waals surface area contributed by atoms with Crippen LogP contribution in [0.15, 0.2) is 70.9 Å². The van der Waals surface area contributed by atoms with Crippen LogP contribution in [0.2, 0.25) is 5.02 Å². The molecule has 0 bridgehead atoms. The Kier molecular flexibility index (Phi) is 7.66. The fraction of sp³-hybridized carbons (Fsp3) is 0.320. The van der Waals surface area contributed by atoms with Crippen LogP contribution in [-0.2, 0) is 20.2 Å². The number of nitrogens with one attached hydrogen (secondary N) is 1. The van der Waals surface area contributed by atoms with Crippen molar-refractivity contribution in [1.29, 1.82) is 0 Å². The molecule has 4 rings (SSSR count). The molecule has 186 valence electrons. The summed E-state index contributed by atoms with van der Waals surface area (Å²) in [5.41, 5.74) is -0.769. The largest absolute Gasteiger partial charge is 0.480 e. The summed E-state index contributed by atoms with van der Waals surface area (Å²) in [7, 11) is -0.103. The van der Waals surface area contributed by atoms with Gasteiger partial charge >= 0.3 is 5.97 Å². The molecule has 10 heteroatoms. The van der Waals surface area contributed by atoms with Gasteiger partial charge in [0, 0.05) is 33.4 Å². The first kappa shape index (κ1) is 26.2. The number of thioether (sulfide) groups is 1. The van der Waals surface area contributed by atoms with Crippen molar-refractivity contribution in [2.45, 2.75) is 21.6 Å². The summed E-state index contributed by atoms with van der Waals surface area (Å²) in [6.07, 6.45) is 0.197. The van der Waals surface area contributed by atoms with Gasteiger partial charge in [-0.05, 0) is 55.9 Å². The molecule has 0 unspecified atom stereocenters. The zero-order valence-corrected chi connectivity index (χ0v) is 22.6. The Labute approximate surface area is 219 Å². The molecule has 1 aliphatic carbocycles. The van der Waals surface area contributed by atoms with Crippen molar-refractivity contribution in [3.8, 4) is 10.4 Å². The number of nitrogens with zero attached hydrogens (tertiary/aromatic N) is 1. The Morgan fingerprint density at radius 1 is 1.11 bits per heavy atom. The molecular formula is C25H27ClN2O4S3. The smallest absolute Gasteiger partial charge is 0.325 e. The summed E-state index contributed by atoms with van der Waals surface area (Å²) in [4.78, 5) is 15.5. The highest BCUT2D eigenvalue weighted by Gasteiger charge is 2.74. The maximum Gasteiger partial charge on any atom is 0.325 e. The molecule has 0 saturated heterocycles. The molecule has 1 fully saturated rings. The van der Waals surface area contributed by atoms with Crippen molar-refractivity contribution < 1.29 is 18.3 Å². The second kappa shape index (κ2) is 10.2. The Morgan fingerprint density at radius 3 is 2.43 bits per heavy atom. The van der Waals surface area contributed by atoms with Gasteiger partial charge in [0.25, 0.3) is 10.0 Å². The van der Waals surface area contributed by atoms with Gasteiger partial charge in [-0.1, -0.05) is 54.1 Å². The molecule has 6 nitrogen and oxygen atoms in total. The van der Waals surface area contributed by atoms with Crippen molar-refractivity contribution in [1.82, 2.24) is 9.62 Å². The number of benzene rings is 2. The maximum atomic E-state index is 13.4. The third kappa shape index (κ3) is 5.30. The summed E-state index contributed by atoms with van der Waals surface area (Å²) in [5.74, 6) is 0.159. The van der Waals surface area contributed by atoms with E-state index in [9.17, 15) is 18.3 Å². The first-order valence-electron chi connectivity index (χ1n) is 11.0. The molecule has 1 aromatic heterocycles. The van der Waals surface area contributed by atoms with E-state index in [0.29, 0.717) is 10.8 Å². The molecule has 2 aromatic carbocycles. The van der Waals surface area contributed by atoms with Gasteiger partial charge in [0.1, 0.15) is 9.75 Å². The molecule has 0 spiro atoms. The van der Waals surface area contributed by atoms with Gasteiger partial charge in [0.05, 0.1) is 0 Å². The normalized spacial score (nSPS) is 21.8. The van der Waals surface area contributed by atoms with Crippen LogP contribution in [0.25, 0.3) is 10.4 Å². The van der Waals surface area contributed by atoms with Crippen molar-refractivity contribution in [2.24, 2.45) is 0 Å². The number of carboxylic acids is 1. The van der Waals surface area contributed by atoms with Gasteiger partial charge in [0.15, 0.2) is 0 Å². The number of sulfonamides is 1. The summed E-state index contributed by atoms with van der Waals surface area (Å²) < 4.78 is 29.6. The van der Waals surface area contributed by atoms with Gasteiger partial charge in [0.2, 0.25) is 0 Å². The summed E-state index contributed by atoms with van der Waals surface area (Å²) in [6.45, 7) is 0.851. The number of aliphatic carboxylic acids is 1. The van der Waals surface area contributed by atoms with Gasteiger partial charge in [-0.3, -0.25) is 4.79 Å². The predicted octanol–water partition coefficient (Wildman–Crippen LogP) is 4.81. The van der Waals surface area contributed by atoms with Gasteiger partial charge in [-0.25, -0.2) is 8.42 Å². The van der Waals surface area contributed by atoms with E-state index in [2.05, 4.69) is 9.62 Å². The minimum absolute atomic E-state index is 0.0807. The Hall–Kier alpha value is -1.88. The summed E-state index contributed by atoms with van der Waals surface area (Å²) >= 11 is 8.71. The fourth-order valence-corrected chi connectivity index (χ4v) is 8.60. The number of carboxylic acid groups (broad SMARTS) is 1. The standard InChI is InChI=1S/C25H27ClN2O4S3/c1-28(2)14-15-33-17-24(19-6-4-3-5-7-19)16-25(24,23(29)30)27-35(31,32)22-13-12-21(34-22)18-8-10-20(26)11-9-18/h3-13,27H,14-17H2,1-2H3,(H,29,30)/t24-,25+/m1/s1. The highest BCUT2D eigenvalue weighted by Crippen LogP contribution is 2.60. The van der Waals surface area contributed by atoms with E-state index in [1.54, 1.807) is 30.0 Å². The number of rotatable bonds is 11. The highest BCUT2D eigenvalue weighted by atomic mass is 35.5. The lowest BCUT2D eigenvalue weighted by molar-refractivity contribution is -0.140. The summed E-state index contributed by atoms with van der Waals surface area (Å²) in [5, 5.41) is 10.9. The van der Waals surface area contributed by atoms with E-state index in [1.165, 1.54) is 6.07 Å². The Balaban J connectivity index is 1.63. The molecule has 0 amide bonds. The fourth-order valence-electron chi connectivity index (χ4n) is 4.24. The molecule has 1 aliphatic rings. The van der Waals surface area contributed by atoms with Crippen LogP contribution < -0.4 is 4.72 Å². The van der Waals surface area contributed by atoms with Crippen LogP contribution in [0.4, 0.5) is 0 Å². The van der Waals surface area contributed by atoms with Crippen LogP contribution in [-0.4, -0.2) is 62.1 Å². The van der Waals surface area contributed by atoms with Crippen LogP contribution >= 0.6 is 34.7 Å². The molecule has 2 atom stereocenters. The molecule has 0 radical (unpaired) electrons. The van der Waals surface area contributed by atoms with Crippen molar-refractivity contribution in [3.05, 3.63) is 77.3 Å². The van der Waals surface area contributed by atoms with Crippen LogP contribution in [0.1, 0.15) is 12.0 Å². The Morgan fingerprint density at radius 2 is 1.80 bits per heavy atom. The monoisotopic (exact) mass is 550 g/mol. The molecule has 3 aromatic rings. The van der Waals surface area contributed by atoms with Crippen molar-refractivity contribution >= 4 is 50.7 Å². The molecule has 1 saturated carbocycles. The van der Waals surface area contributed by atoms with E-state index in [-0.39, 0.29) is 10.6 Å². The lowest BCUT2D eigenvalue weighted by Crippen LogP contribution is -2.49. The quantitative estimate of drug-likeness (QED) is 0.333. The second-order valence-corrected chi connectivity index (χ2v) is 13.5. The third-order valence-electron chi connectivity index (χ3n) is 6.27. The predicted molar refractivity (Wildman–Crippen MR) is 144 cm³/mol. The van der Waals surface area contributed by atoms with Gasteiger partial charge < -0.3 is 10.0 Å². The van der Waals surface area contributed by atoms with E-state index in [0.717, 1.165) is 39.6 Å². The first-order valence-corrected chi connectivity index (χ1v) is 14.8. The maximum absolute atomic E-state index is 13.4. The molecular weight excluding hydrogens is 524 g/mol. The van der Waals surface area contributed by atoms with Crippen LogP contribution in [0, 0.1) is 0 Å². The zero-order chi connectivity index (χ0) is 25.3.